The topological polar surface area (TPSA) is 37.4 Å². The van der Waals surface area contributed by atoms with Crippen LogP contribution < -0.4 is 0 Å². The van der Waals surface area contributed by atoms with Crippen LogP contribution in [-0.2, 0) is 9.59 Å². The second-order valence-electron chi connectivity index (χ2n) is 10.3. The van der Waals surface area contributed by atoms with E-state index in [1.807, 2.05) is 4.90 Å². The highest BCUT2D eigenvalue weighted by Gasteiger charge is 2.70. The predicted molar refractivity (Wildman–Crippen MR) is 87.5 cm³/mol. The van der Waals surface area contributed by atoms with Gasteiger partial charge >= 0.3 is 0 Å². The maximum Gasteiger partial charge on any atom is 0.234 e. The molecule has 8 aliphatic carbocycles. The van der Waals surface area contributed by atoms with Gasteiger partial charge < -0.3 is 0 Å². The fraction of sp³-hybridized carbons (Fsp3) is 0.810. The Hall–Kier alpha value is -1.12. The summed E-state index contributed by atoms with van der Waals surface area (Å²) in [6, 6.07) is 0. The van der Waals surface area contributed by atoms with Gasteiger partial charge in [0.05, 0.1) is 17.4 Å². The standard InChI is InChI=1S/C21H25NO2/c23-19-17-13-1-2-14(16-6-15(13)16)18(17)20(24)22(19)21-7-10-3-11(8-21)5-12(4-10)9-21/h1-2,10-18H,3-9H2/t10?,11?,12?,13-,14+,15-,16+,17+,18-,21?. The first-order valence-corrected chi connectivity index (χ1v) is 10.2. The van der Waals surface area contributed by atoms with Crippen LogP contribution in [0.15, 0.2) is 12.2 Å². The van der Waals surface area contributed by atoms with Gasteiger partial charge in [0.15, 0.2) is 0 Å². The van der Waals surface area contributed by atoms with Gasteiger partial charge in [-0.25, -0.2) is 0 Å². The van der Waals surface area contributed by atoms with Gasteiger partial charge in [-0.1, -0.05) is 12.2 Å². The lowest BCUT2D eigenvalue weighted by Gasteiger charge is -2.59. The summed E-state index contributed by atoms with van der Waals surface area (Å²) < 4.78 is 0. The summed E-state index contributed by atoms with van der Waals surface area (Å²) in [6.45, 7) is 0. The van der Waals surface area contributed by atoms with Crippen LogP contribution >= 0.6 is 0 Å². The van der Waals surface area contributed by atoms with E-state index in [2.05, 4.69) is 12.2 Å². The summed E-state index contributed by atoms with van der Waals surface area (Å²) in [5.74, 6) is 5.00. The lowest BCUT2D eigenvalue weighted by atomic mass is 9.52. The zero-order valence-corrected chi connectivity index (χ0v) is 14.1. The molecular weight excluding hydrogens is 298 g/mol. The Bertz CT molecular complexity index is 637. The summed E-state index contributed by atoms with van der Waals surface area (Å²) >= 11 is 0. The zero-order chi connectivity index (χ0) is 15.8. The van der Waals surface area contributed by atoms with E-state index in [1.165, 1.54) is 25.7 Å². The Balaban J connectivity index is 1.32. The number of carbonyl (C=O) groups is 2. The van der Waals surface area contributed by atoms with Gasteiger partial charge in [-0.05, 0) is 86.4 Å². The van der Waals surface area contributed by atoms with Crippen LogP contribution in [0.2, 0.25) is 0 Å². The third-order valence-corrected chi connectivity index (χ3v) is 9.14. The maximum absolute atomic E-state index is 13.5. The molecule has 0 N–H and O–H groups in total. The lowest BCUT2D eigenvalue weighted by molar-refractivity contribution is -0.159. The van der Waals surface area contributed by atoms with Crippen molar-refractivity contribution in [2.24, 2.45) is 53.3 Å². The Morgan fingerprint density at radius 2 is 1.21 bits per heavy atom. The van der Waals surface area contributed by atoms with E-state index in [1.54, 1.807) is 0 Å². The molecule has 6 bridgehead atoms. The minimum absolute atomic E-state index is 0.00394. The Kier molecular flexibility index (Phi) is 2.10. The fourth-order valence-electron chi connectivity index (χ4n) is 8.76. The third kappa shape index (κ3) is 1.33. The van der Waals surface area contributed by atoms with Crippen molar-refractivity contribution >= 4 is 11.8 Å². The van der Waals surface area contributed by atoms with Crippen LogP contribution in [0.3, 0.4) is 0 Å². The largest absolute Gasteiger partial charge is 0.276 e. The summed E-state index contributed by atoms with van der Waals surface area (Å²) in [4.78, 5) is 28.9. The van der Waals surface area contributed by atoms with Crippen molar-refractivity contribution in [1.29, 1.82) is 0 Å². The highest BCUT2D eigenvalue weighted by molar-refractivity contribution is 6.07. The number of carbonyl (C=O) groups excluding carboxylic acids is 2. The van der Waals surface area contributed by atoms with Crippen LogP contribution in [0.4, 0.5) is 0 Å². The van der Waals surface area contributed by atoms with Crippen LogP contribution in [0, 0.1) is 53.3 Å². The molecule has 1 heterocycles. The molecule has 0 radical (unpaired) electrons. The van der Waals surface area contributed by atoms with E-state index < -0.39 is 0 Å². The minimum atomic E-state index is -0.0795. The molecule has 0 aromatic carbocycles. The molecule has 6 atom stereocenters. The number of likely N-dealkylation sites (tertiary alicyclic amines) is 1. The second-order valence-corrected chi connectivity index (χ2v) is 10.3. The van der Waals surface area contributed by atoms with E-state index in [0.29, 0.717) is 23.7 Å². The Morgan fingerprint density at radius 1 is 0.750 bits per heavy atom. The molecule has 7 fully saturated rings. The predicted octanol–water partition coefficient (Wildman–Crippen LogP) is 3.01. The number of amides is 2. The Morgan fingerprint density at radius 3 is 1.67 bits per heavy atom. The number of imide groups is 1. The van der Waals surface area contributed by atoms with Crippen LogP contribution in [0.25, 0.3) is 0 Å². The Labute approximate surface area is 142 Å². The molecule has 126 valence electrons. The summed E-state index contributed by atoms with van der Waals surface area (Å²) in [5, 5.41) is 0. The molecule has 2 amide bonds. The first-order chi connectivity index (χ1) is 11.6. The summed E-state index contributed by atoms with van der Waals surface area (Å²) in [5.41, 5.74) is -0.0795. The monoisotopic (exact) mass is 323 g/mol. The van der Waals surface area contributed by atoms with Crippen molar-refractivity contribution in [3.63, 3.8) is 0 Å². The van der Waals surface area contributed by atoms with E-state index in [-0.39, 0.29) is 29.2 Å². The molecular formula is C21H25NO2. The van der Waals surface area contributed by atoms with Gasteiger partial charge in [-0.15, -0.1) is 0 Å². The van der Waals surface area contributed by atoms with Crippen LogP contribution in [0.5, 0.6) is 0 Å². The van der Waals surface area contributed by atoms with Gasteiger partial charge in [0.2, 0.25) is 11.8 Å². The first kappa shape index (κ1) is 13.1. The van der Waals surface area contributed by atoms with E-state index in [0.717, 1.165) is 37.0 Å². The van der Waals surface area contributed by atoms with Crippen LogP contribution in [-0.4, -0.2) is 22.3 Å². The van der Waals surface area contributed by atoms with Crippen molar-refractivity contribution in [2.75, 3.05) is 0 Å². The molecule has 3 nitrogen and oxygen atoms in total. The molecule has 0 unspecified atom stereocenters. The molecule has 6 saturated carbocycles. The highest BCUT2D eigenvalue weighted by Crippen LogP contribution is 2.67. The number of nitrogens with zero attached hydrogens (tertiary/aromatic N) is 1. The quantitative estimate of drug-likeness (QED) is 0.549. The van der Waals surface area contributed by atoms with E-state index >= 15 is 0 Å². The van der Waals surface area contributed by atoms with Gasteiger partial charge in [0.25, 0.3) is 0 Å². The molecule has 9 rings (SSSR count). The number of hydrogen-bond donors (Lipinski definition) is 0. The van der Waals surface area contributed by atoms with E-state index in [4.69, 9.17) is 0 Å². The normalized spacial score (nSPS) is 61.5. The SMILES string of the molecule is O=C1[C@@H]2[C@H]3C=C[C@H]([C@H]4C[C@@H]34)[C@@H]2C(=O)N1C12CC3CC(CC(C3)C1)C2. The second kappa shape index (κ2) is 3.83. The molecule has 9 aliphatic rings. The summed E-state index contributed by atoms with van der Waals surface area (Å²) in [6.07, 6.45) is 13.3. The van der Waals surface area contributed by atoms with Crippen LogP contribution in [0.1, 0.15) is 44.9 Å². The highest BCUT2D eigenvalue weighted by atomic mass is 16.2. The van der Waals surface area contributed by atoms with Gasteiger partial charge in [0, 0.05) is 0 Å². The van der Waals surface area contributed by atoms with Crippen molar-refractivity contribution in [3.05, 3.63) is 12.2 Å². The van der Waals surface area contributed by atoms with Crippen molar-refractivity contribution in [2.45, 2.75) is 50.5 Å². The third-order valence-electron chi connectivity index (χ3n) is 9.14. The van der Waals surface area contributed by atoms with Gasteiger partial charge in [-0.3, -0.25) is 14.5 Å². The average Bonchev–Trinajstić information content (AvgIpc) is 3.30. The zero-order valence-electron chi connectivity index (χ0n) is 14.1. The maximum atomic E-state index is 13.5. The number of allylic oxidation sites excluding steroid dienone is 2. The molecule has 24 heavy (non-hydrogen) atoms. The summed E-state index contributed by atoms with van der Waals surface area (Å²) in [7, 11) is 0. The van der Waals surface area contributed by atoms with Gasteiger partial charge in [-0.2, -0.15) is 0 Å². The minimum Gasteiger partial charge on any atom is -0.276 e. The smallest absolute Gasteiger partial charge is 0.234 e. The average molecular weight is 323 g/mol. The lowest BCUT2D eigenvalue weighted by Crippen LogP contribution is -2.62. The van der Waals surface area contributed by atoms with Crippen molar-refractivity contribution in [3.8, 4) is 0 Å². The molecule has 0 aromatic rings. The van der Waals surface area contributed by atoms with Gasteiger partial charge in [0.1, 0.15) is 0 Å². The molecule has 0 aromatic heterocycles. The molecule has 1 aliphatic heterocycles. The van der Waals surface area contributed by atoms with Crippen molar-refractivity contribution in [1.82, 2.24) is 4.90 Å². The number of hydrogen-bond acceptors (Lipinski definition) is 2. The number of rotatable bonds is 1. The molecule has 1 saturated heterocycles. The molecule has 3 heteroatoms. The van der Waals surface area contributed by atoms with Crippen molar-refractivity contribution < 1.29 is 9.59 Å². The molecule has 0 spiro atoms. The first-order valence-electron chi connectivity index (χ1n) is 10.2. The fourth-order valence-corrected chi connectivity index (χ4v) is 8.76. The van der Waals surface area contributed by atoms with E-state index in [9.17, 15) is 9.59 Å².